The molecule has 0 unspecified atom stereocenters. The lowest BCUT2D eigenvalue weighted by atomic mass is 10.1. The zero-order valence-electron chi connectivity index (χ0n) is 13.5. The Labute approximate surface area is 131 Å². The molecule has 0 atom stereocenters. The first-order chi connectivity index (χ1) is 10.2. The topological polar surface area (TPSA) is 73.1 Å². The maximum absolute atomic E-state index is 12.3. The first-order valence-corrected chi connectivity index (χ1v) is 9.15. The van der Waals surface area contributed by atoms with Gasteiger partial charge in [0.15, 0.2) is 15.7 Å². The van der Waals surface area contributed by atoms with Gasteiger partial charge in [-0.2, -0.15) is 4.98 Å². The Hall–Kier alpha value is -1.69. The number of benzene rings is 1. The summed E-state index contributed by atoms with van der Waals surface area (Å²) >= 11 is 0. The Morgan fingerprint density at radius 3 is 2.59 bits per heavy atom. The number of aryl methyl sites for hydroxylation is 2. The van der Waals surface area contributed by atoms with Crippen molar-refractivity contribution in [3.63, 3.8) is 0 Å². The lowest BCUT2D eigenvalue weighted by Crippen LogP contribution is -2.10. The number of hydrogen-bond donors (Lipinski definition) is 0. The summed E-state index contributed by atoms with van der Waals surface area (Å²) in [5.41, 5.74) is 2.85. The summed E-state index contributed by atoms with van der Waals surface area (Å²) in [5, 5.41) is 3.77. The largest absolute Gasteiger partial charge is 0.339 e. The van der Waals surface area contributed by atoms with E-state index in [0.29, 0.717) is 18.2 Å². The summed E-state index contributed by atoms with van der Waals surface area (Å²) in [6.07, 6.45) is 0.657. The molecule has 6 heteroatoms. The fraction of sp³-hybridized carbons (Fsp3) is 0.500. The van der Waals surface area contributed by atoms with Crippen LogP contribution < -0.4 is 0 Å². The third kappa shape index (κ3) is 4.66. The van der Waals surface area contributed by atoms with Crippen LogP contribution in [-0.4, -0.2) is 18.6 Å². The average Bonchev–Trinajstić information content (AvgIpc) is 2.79. The van der Waals surface area contributed by atoms with Crippen molar-refractivity contribution in [1.29, 1.82) is 0 Å². The minimum atomic E-state index is -3.33. The van der Waals surface area contributed by atoms with Crippen molar-refractivity contribution in [2.24, 2.45) is 5.92 Å². The minimum Gasteiger partial charge on any atom is -0.339 e. The quantitative estimate of drug-likeness (QED) is 0.817. The zero-order valence-corrected chi connectivity index (χ0v) is 14.3. The predicted molar refractivity (Wildman–Crippen MR) is 85.1 cm³/mol. The molecular weight excluding hydrogens is 300 g/mol. The molecule has 2 rings (SSSR count). The molecule has 0 aliphatic carbocycles. The highest BCUT2D eigenvalue weighted by molar-refractivity contribution is 7.89. The van der Waals surface area contributed by atoms with Gasteiger partial charge in [0.2, 0.25) is 5.89 Å². The monoisotopic (exact) mass is 322 g/mol. The van der Waals surface area contributed by atoms with E-state index in [1.54, 1.807) is 0 Å². The highest BCUT2D eigenvalue weighted by atomic mass is 32.2. The van der Waals surface area contributed by atoms with Crippen molar-refractivity contribution in [2.45, 2.75) is 45.6 Å². The van der Waals surface area contributed by atoms with Crippen molar-refractivity contribution in [1.82, 2.24) is 10.1 Å². The Morgan fingerprint density at radius 2 is 1.91 bits per heavy atom. The van der Waals surface area contributed by atoms with Gasteiger partial charge in [-0.05, 0) is 30.9 Å². The molecule has 0 spiro atoms. The molecule has 0 amide bonds. The van der Waals surface area contributed by atoms with E-state index in [1.807, 2.05) is 45.9 Å². The van der Waals surface area contributed by atoms with Crippen molar-refractivity contribution in [3.8, 4) is 0 Å². The molecule has 120 valence electrons. The number of rotatable bonds is 6. The molecule has 0 N–H and O–H groups in total. The van der Waals surface area contributed by atoms with Crippen molar-refractivity contribution < 1.29 is 12.9 Å². The molecule has 0 saturated carbocycles. The van der Waals surface area contributed by atoms with Gasteiger partial charge in [0.05, 0.1) is 5.75 Å². The molecule has 0 saturated heterocycles. The van der Waals surface area contributed by atoms with Gasteiger partial charge in [-0.1, -0.05) is 42.8 Å². The minimum absolute atomic E-state index is 0.00539. The SMILES string of the molecule is Cc1ccc(C)c(CS(=O)(=O)Cc2noc(CC(C)C)n2)c1. The van der Waals surface area contributed by atoms with E-state index in [9.17, 15) is 8.42 Å². The first kappa shape index (κ1) is 16.7. The summed E-state index contributed by atoms with van der Waals surface area (Å²) in [5.74, 6) is 0.920. The van der Waals surface area contributed by atoms with Gasteiger partial charge in [-0.3, -0.25) is 0 Å². The van der Waals surface area contributed by atoms with Crippen LogP contribution in [0, 0.1) is 19.8 Å². The van der Waals surface area contributed by atoms with Crippen LogP contribution in [0.2, 0.25) is 0 Å². The van der Waals surface area contributed by atoms with Crippen LogP contribution in [0.15, 0.2) is 22.7 Å². The molecule has 0 aliphatic rings. The van der Waals surface area contributed by atoms with E-state index in [2.05, 4.69) is 10.1 Å². The molecule has 0 bridgehead atoms. The molecular formula is C16H22N2O3S. The van der Waals surface area contributed by atoms with Gasteiger partial charge in [0, 0.05) is 6.42 Å². The van der Waals surface area contributed by atoms with Gasteiger partial charge in [-0.15, -0.1) is 0 Å². The Morgan fingerprint density at radius 1 is 1.18 bits per heavy atom. The Kier molecular flexibility index (Phi) is 5.01. The van der Waals surface area contributed by atoms with Crippen LogP contribution in [0.3, 0.4) is 0 Å². The van der Waals surface area contributed by atoms with E-state index in [4.69, 9.17) is 4.52 Å². The van der Waals surface area contributed by atoms with Gasteiger partial charge < -0.3 is 4.52 Å². The molecule has 2 aromatic rings. The predicted octanol–water partition coefficient (Wildman–Crippen LogP) is 3.00. The second-order valence-electron chi connectivity index (χ2n) is 6.16. The smallest absolute Gasteiger partial charge is 0.226 e. The lowest BCUT2D eigenvalue weighted by molar-refractivity contribution is 0.359. The number of hydrogen-bond acceptors (Lipinski definition) is 5. The van der Waals surface area contributed by atoms with Crippen LogP contribution in [0.5, 0.6) is 0 Å². The number of aromatic nitrogens is 2. The molecule has 22 heavy (non-hydrogen) atoms. The summed E-state index contributed by atoms with van der Waals surface area (Å²) in [6, 6.07) is 5.82. The van der Waals surface area contributed by atoms with Crippen molar-refractivity contribution >= 4 is 9.84 Å². The number of nitrogens with zero attached hydrogens (tertiary/aromatic N) is 2. The fourth-order valence-electron chi connectivity index (χ4n) is 2.22. The van der Waals surface area contributed by atoms with Crippen LogP contribution >= 0.6 is 0 Å². The normalized spacial score (nSPS) is 12.0. The first-order valence-electron chi connectivity index (χ1n) is 7.33. The Balaban J connectivity index is 2.11. The maximum Gasteiger partial charge on any atom is 0.226 e. The second-order valence-corrected chi connectivity index (χ2v) is 8.23. The highest BCUT2D eigenvalue weighted by Gasteiger charge is 2.19. The van der Waals surface area contributed by atoms with Crippen molar-refractivity contribution in [3.05, 3.63) is 46.6 Å². The highest BCUT2D eigenvalue weighted by Crippen LogP contribution is 2.16. The van der Waals surface area contributed by atoms with Crippen LogP contribution in [0.1, 0.15) is 42.3 Å². The summed E-state index contributed by atoms with van der Waals surface area (Å²) < 4.78 is 29.8. The average molecular weight is 322 g/mol. The van der Waals surface area contributed by atoms with Gasteiger partial charge in [0.25, 0.3) is 0 Å². The van der Waals surface area contributed by atoms with Gasteiger partial charge >= 0.3 is 0 Å². The molecule has 5 nitrogen and oxygen atoms in total. The van der Waals surface area contributed by atoms with E-state index in [1.165, 1.54) is 0 Å². The van der Waals surface area contributed by atoms with Crippen LogP contribution in [-0.2, 0) is 27.8 Å². The lowest BCUT2D eigenvalue weighted by Gasteiger charge is -2.07. The van der Waals surface area contributed by atoms with Crippen LogP contribution in [0.4, 0.5) is 0 Å². The van der Waals surface area contributed by atoms with Crippen molar-refractivity contribution in [2.75, 3.05) is 0 Å². The maximum atomic E-state index is 12.3. The summed E-state index contributed by atoms with van der Waals surface area (Å²) in [7, 11) is -3.33. The third-order valence-corrected chi connectivity index (χ3v) is 4.77. The molecule has 1 aromatic carbocycles. The molecule has 1 aromatic heterocycles. The fourth-order valence-corrected chi connectivity index (χ4v) is 3.62. The summed E-state index contributed by atoms with van der Waals surface area (Å²) in [4.78, 5) is 4.16. The number of sulfone groups is 1. The standard InChI is InChI=1S/C16H22N2O3S/c1-11(2)7-16-17-15(18-21-16)10-22(19,20)9-14-8-12(3)5-6-13(14)4/h5-6,8,11H,7,9-10H2,1-4H3. The van der Waals surface area contributed by atoms with E-state index < -0.39 is 9.84 Å². The van der Waals surface area contributed by atoms with Crippen LogP contribution in [0.25, 0.3) is 0 Å². The van der Waals surface area contributed by atoms with E-state index in [-0.39, 0.29) is 17.3 Å². The second kappa shape index (κ2) is 6.60. The summed E-state index contributed by atoms with van der Waals surface area (Å²) in [6.45, 7) is 7.95. The molecule has 0 aliphatic heterocycles. The molecule has 0 radical (unpaired) electrons. The van der Waals surface area contributed by atoms with Gasteiger partial charge in [-0.25, -0.2) is 8.42 Å². The molecule has 1 heterocycles. The van der Waals surface area contributed by atoms with E-state index in [0.717, 1.165) is 16.7 Å². The Bertz CT molecular complexity index is 749. The van der Waals surface area contributed by atoms with E-state index >= 15 is 0 Å². The third-order valence-electron chi connectivity index (χ3n) is 3.32. The zero-order chi connectivity index (χ0) is 16.3. The molecule has 0 fully saturated rings. The van der Waals surface area contributed by atoms with Gasteiger partial charge in [0.1, 0.15) is 5.75 Å².